The van der Waals surface area contributed by atoms with Gasteiger partial charge in [-0.1, -0.05) is 63.4 Å². The molecule has 5 heteroatoms. The molecule has 20 heavy (non-hydrogen) atoms. The lowest BCUT2D eigenvalue weighted by Gasteiger charge is -2.15. The van der Waals surface area contributed by atoms with Crippen LogP contribution in [0.25, 0.3) is 0 Å². The largest absolute Gasteiger partial charge is 0.481 e. The van der Waals surface area contributed by atoms with Crippen molar-refractivity contribution < 1.29 is 9.90 Å². The van der Waals surface area contributed by atoms with Crippen molar-refractivity contribution in [3.05, 3.63) is 68.1 Å². The lowest BCUT2D eigenvalue weighted by Crippen LogP contribution is -2.15. The number of benzene rings is 2. The fraction of sp³-hybridized carbons (Fsp3) is 0.133. The third-order valence-electron chi connectivity index (χ3n) is 3.02. The van der Waals surface area contributed by atoms with Gasteiger partial charge in [-0.3, -0.25) is 4.79 Å². The molecule has 0 amide bonds. The molecule has 1 N–H and O–H groups in total. The highest BCUT2D eigenvalue weighted by molar-refractivity contribution is 9.10. The smallest absolute Gasteiger partial charge is 0.311 e. The van der Waals surface area contributed by atoms with E-state index in [1.165, 1.54) is 0 Å². The minimum Gasteiger partial charge on any atom is -0.481 e. The Labute approximate surface area is 135 Å². The number of hydrogen-bond donors (Lipinski definition) is 1. The second-order valence-electron chi connectivity index (χ2n) is 4.35. The third-order valence-corrected chi connectivity index (χ3v) is 4.21. The highest BCUT2D eigenvalue weighted by Crippen LogP contribution is 2.31. The van der Waals surface area contributed by atoms with Crippen molar-refractivity contribution in [2.24, 2.45) is 0 Å². The molecule has 0 saturated heterocycles. The van der Waals surface area contributed by atoms with E-state index >= 15 is 0 Å². The van der Waals surface area contributed by atoms with Crippen LogP contribution in [-0.2, 0) is 11.2 Å². The first kappa shape index (κ1) is 15.4. The molecular formula is C15H11BrCl2O2. The van der Waals surface area contributed by atoms with Crippen LogP contribution >= 0.6 is 39.1 Å². The van der Waals surface area contributed by atoms with E-state index in [0.717, 1.165) is 10.0 Å². The highest BCUT2D eigenvalue weighted by Gasteiger charge is 2.23. The number of hydrogen-bond acceptors (Lipinski definition) is 1. The fourth-order valence-corrected chi connectivity index (χ4v) is 3.01. The van der Waals surface area contributed by atoms with E-state index in [4.69, 9.17) is 23.2 Å². The molecule has 0 heterocycles. The van der Waals surface area contributed by atoms with Crippen molar-refractivity contribution in [2.75, 3.05) is 0 Å². The third kappa shape index (κ3) is 3.54. The summed E-state index contributed by atoms with van der Waals surface area (Å²) in [6, 6.07) is 12.4. The Bertz CT molecular complexity index is 644. The molecule has 0 bridgehead atoms. The van der Waals surface area contributed by atoms with E-state index in [1.807, 2.05) is 12.1 Å². The van der Waals surface area contributed by atoms with Gasteiger partial charge in [0.05, 0.1) is 5.92 Å². The molecule has 2 aromatic rings. The molecule has 0 aliphatic heterocycles. The predicted molar refractivity (Wildman–Crippen MR) is 84.7 cm³/mol. The number of halogens is 3. The molecule has 2 nitrogen and oxygen atoms in total. The van der Waals surface area contributed by atoms with Gasteiger partial charge in [0.15, 0.2) is 0 Å². The molecule has 0 fully saturated rings. The lowest BCUT2D eigenvalue weighted by atomic mass is 9.92. The van der Waals surface area contributed by atoms with Crippen LogP contribution < -0.4 is 0 Å². The van der Waals surface area contributed by atoms with E-state index in [9.17, 15) is 9.90 Å². The van der Waals surface area contributed by atoms with Crippen LogP contribution in [0.15, 0.2) is 46.9 Å². The summed E-state index contributed by atoms with van der Waals surface area (Å²) in [6.07, 6.45) is 0.297. The SMILES string of the molecule is O=C(O)C(Cc1ccc(Br)cc1Cl)c1ccccc1Cl. The van der Waals surface area contributed by atoms with Gasteiger partial charge in [0.1, 0.15) is 0 Å². The second-order valence-corrected chi connectivity index (χ2v) is 6.08. The summed E-state index contributed by atoms with van der Waals surface area (Å²) in [7, 11) is 0. The molecule has 104 valence electrons. The number of rotatable bonds is 4. The van der Waals surface area contributed by atoms with Gasteiger partial charge in [0.2, 0.25) is 0 Å². The van der Waals surface area contributed by atoms with Crippen molar-refractivity contribution in [2.45, 2.75) is 12.3 Å². The van der Waals surface area contributed by atoms with E-state index in [-0.39, 0.29) is 0 Å². The van der Waals surface area contributed by atoms with Crippen molar-refractivity contribution >= 4 is 45.1 Å². The molecule has 2 rings (SSSR count). The molecule has 1 atom stereocenters. The van der Waals surface area contributed by atoms with E-state index in [2.05, 4.69) is 15.9 Å². The van der Waals surface area contributed by atoms with Gasteiger partial charge in [-0.25, -0.2) is 0 Å². The van der Waals surface area contributed by atoms with Crippen molar-refractivity contribution in [3.63, 3.8) is 0 Å². The van der Waals surface area contributed by atoms with E-state index in [0.29, 0.717) is 22.0 Å². The lowest BCUT2D eigenvalue weighted by molar-refractivity contribution is -0.138. The normalized spacial score (nSPS) is 12.2. The van der Waals surface area contributed by atoms with Gasteiger partial charge >= 0.3 is 5.97 Å². The summed E-state index contributed by atoms with van der Waals surface area (Å²) in [6.45, 7) is 0. The van der Waals surface area contributed by atoms with Crippen LogP contribution in [0.2, 0.25) is 10.0 Å². The van der Waals surface area contributed by atoms with E-state index in [1.54, 1.807) is 30.3 Å². The van der Waals surface area contributed by atoms with Crippen LogP contribution in [0.4, 0.5) is 0 Å². The van der Waals surface area contributed by atoms with Crippen LogP contribution in [0.1, 0.15) is 17.0 Å². The zero-order valence-electron chi connectivity index (χ0n) is 10.3. The zero-order valence-corrected chi connectivity index (χ0v) is 13.4. The average Bonchev–Trinajstić information content (AvgIpc) is 2.39. The minimum absolute atomic E-state index is 0.297. The number of carboxylic acid groups (broad SMARTS) is 1. The van der Waals surface area contributed by atoms with Crippen molar-refractivity contribution in [3.8, 4) is 0 Å². The molecular weight excluding hydrogens is 363 g/mol. The van der Waals surface area contributed by atoms with Gasteiger partial charge in [-0.15, -0.1) is 0 Å². The Morgan fingerprint density at radius 3 is 2.45 bits per heavy atom. The second kappa shape index (κ2) is 6.61. The van der Waals surface area contributed by atoms with Gasteiger partial charge in [-0.05, 0) is 35.7 Å². The Morgan fingerprint density at radius 1 is 1.15 bits per heavy atom. The maximum atomic E-state index is 11.5. The molecule has 0 aliphatic carbocycles. The van der Waals surface area contributed by atoms with Gasteiger partial charge in [0.25, 0.3) is 0 Å². The molecule has 0 spiro atoms. The Balaban J connectivity index is 2.36. The summed E-state index contributed by atoms with van der Waals surface area (Å²) in [5.74, 6) is -1.64. The topological polar surface area (TPSA) is 37.3 Å². The first-order valence-corrected chi connectivity index (χ1v) is 7.45. The molecule has 0 aliphatic rings. The van der Waals surface area contributed by atoms with Crippen LogP contribution in [0.5, 0.6) is 0 Å². The van der Waals surface area contributed by atoms with E-state index < -0.39 is 11.9 Å². The Kier molecular flexibility index (Phi) is 5.08. The standard InChI is InChI=1S/C15H11BrCl2O2/c16-10-6-5-9(14(18)8-10)7-12(15(19)20)11-3-1-2-4-13(11)17/h1-6,8,12H,7H2,(H,19,20). The number of carbonyl (C=O) groups is 1. The Hall–Kier alpha value is -1.03. The average molecular weight is 374 g/mol. The predicted octanol–water partition coefficient (Wildman–Crippen LogP) is 5.17. The maximum absolute atomic E-state index is 11.5. The monoisotopic (exact) mass is 372 g/mol. The first-order valence-electron chi connectivity index (χ1n) is 5.90. The van der Waals surface area contributed by atoms with Gasteiger partial charge in [0, 0.05) is 14.5 Å². The first-order chi connectivity index (χ1) is 9.49. The molecule has 0 aromatic heterocycles. The van der Waals surface area contributed by atoms with Crippen LogP contribution in [-0.4, -0.2) is 11.1 Å². The number of aliphatic carboxylic acids is 1. The van der Waals surface area contributed by atoms with Crippen LogP contribution in [0, 0.1) is 0 Å². The molecule has 0 saturated carbocycles. The highest BCUT2D eigenvalue weighted by atomic mass is 79.9. The fourth-order valence-electron chi connectivity index (χ4n) is 2.00. The van der Waals surface area contributed by atoms with Crippen molar-refractivity contribution in [1.82, 2.24) is 0 Å². The van der Waals surface area contributed by atoms with Crippen LogP contribution in [0.3, 0.4) is 0 Å². The minimum atomic E-state index is -0.919. The quantitative estimate of drug-likeness (QED) is 0.802. The summed E-state index contributed by atoms with van der Waals surface area (Å²) >= 11 is 15.6. The zero-order chi connectivity index (χ0) is 14.7. The van der Waals surface area contributed by atoms with Crippen molar-refractivity contribution in [1.29, 1.82) is 0 Å². The Morgan fingerprint density at radius 2 is 1.85 bits per heavy atom. The molecule has 0 radical (unpaired) electrons. The molecule has 2 aromatic carbocycles. The summed E-state index contributed by atoms with van der Waals surface area (Å²) < 4.78 is 0.857. The summed E-state index contributed by atoms with van der Waals surface area (Å²) in [4.78, 5) is 11.5. The summed E-state index contributed by atoms with van der Waals surface area (Å²) in [5.41, 5.74) is 1.38. The maximum Gasteiger partial charge on any atom is 0.311 e. The molecule has 1 unspecified atom stereocenters. The number of carboxylic acids is 1. The van der Waals surface area contributed by atoms with Gasteiger partial charge < -0.3 is 5.11 Å². The van der Waals surface area contributed by atoms with Gasteiger partial charge in [-0.2, -0.15) is 0 Å². The summed E-state index contributed by atoms with van der Waals surface area (Å²) in [5, 5.41) is 10.4.